The maximum Gasteiger partial charge on any atom is 0.410 e. The third kappa shape index (κ3) is 6.86. The molecule has 40 heavy (non-hydrogen) atoms. The van der Waals surface area contributed by atoms with Crippen molar-refractivity contribution >= 4 is 24.4 Å². The van der Waals surface area contributed by atoms with Crippen LogP contribution in [0.3, 0.4) is 0 Å². The van der Waals surface area contributed by atoms with E-state index in [-0.39, 0.29) is 42.6 Å². The third-order valence-electron chi connectivity index (χ3n) is 7.90. The zero-order chi connectivity index (χ0) is 27.4. The number of halogens is 1. The van der Waals surface area contributed by atoms with Crippen LogP contribution in [0.5, 0.6) is 5.88 Å². The van der Waals surface area contributed by atoms with Gasteiger partial charge in [0.2, 0.25) is 11.8 Å². The lowest BCUT2D eigenvalue weighted by Gasteiger charge is -2.31. The molecule has 2 amide bonds. The molecule has 0 aliphatic carbocycles. The minimum atomic E-state index is -0.295. The van der Waals surface area contributed by atoms with Gasteiger partial charge in [0.25, 0.3) is 0 Å². The second kappa shape index (κ2) is 13.3. The van der Waals surface area contributed by atoms with Gasteiger partial charge in [-0.3, -0.25) is 4.79 Å². The van der Waals surface area contributed by atoms with Crippen LogP contribution in [0.1, 0.15) is 50.7 Å². The number of amides is 2. The first-order valence-corrected chi connectivity index (χ1v) is 14.0. The number of ether oxygens (including phenoxy) is 2. The van der Waals surface area contributed by atoms with Crippen LogP contribution < -0.4 is 10.1 Å². The van der Waals surface area contributed by atoms with E-state index >= 15 is 0 Å². The van der Waals surface area contributed by atoms with Gasteiger partial charge >= 0.3 is 6.09 Å². The molecule has 3 aliphatic rings. The predicted octanol–water partition coefficient (Wildman–Crippen LogP) is 4.34. The van der Waals surface area contributed by atoms with Gasteiger partial charge in [-0.1, -0.05) is 12.1 Å². The number of nitrogens with one attached hydrogen (secondary N) is 1. The molecule has 5 rings (SSSR count). The Balaban J connectivity index is 0.00000370. The highest BCUT2D eigenvalue weighted by molar-refractivity contribution is 5.85. The van der Waals surface area contributed by atoms with Crippen LogP contribution in [0.25, 0.3) is 11.1 Å². The summed E-state index contributed by atoms with van der Waals surface area (Å²) in [7, 11) is 0. The highest BCUT2D eigenvalue weighted by Crippen LogP contribution is 2.28. The number of carbonyl (C=O) groups is 2. The minimum Gasteiger partial charge on any atom is -0.477 e. The van der Waals surface area contributed by atoms with Crippen molar-refractivity contribution < 1.29 is 19.1 Å². The number of benzene rings is 1. The molecule has 2 aromatic rings. The van der Waals surface area contributed by atoms with Gasteiger partial charge < -0.3 is 24.6 Å². The summed E-state index contributed by atoms with van der Waals surface area (Å²) in [6, 6.07) is 11.9. The monoisotopic (exact) mass is 567 g/mol. The SMILES string of the molecule is CC(C)OC(=O)N1CCC(COc2ccc(-c3ccc4c(c3)CNC(C(=O)N3CCCC3C#N)C4)cn2)CC1.Cl. The molecule has 3 aliphatic heterocycles. The Morgan fingerprint density at radius 3 is 2.58 bits per heavy atom. The van der Waals surface area contributed by atoms with E-state index in [1.165, 1.54) is 11.1 Å². The van der Waals surface area contributed by atoms with Crippen LogP contribution in [-0.2, 0) is 22.5 Å². The molecule has 10 heteroatoms. The number of hydrogen-bond donors (Lipinski definition) is 1. The van der Waals surface area contributed by atoms with Crippen LogP contribution in [0, 0.1) is 17.2 Å². The number of aromatic nitrogens is 1. The molecule has 2 fully saturated rings. The van der Waals surface area contributed by atoms with Crippen LogP contribution in [0.2, 0.25) is 0 Å². The molecular formula is C30H38ClN5O4. The molecule has 1 aromatic heterocycles. The summed E-state index contributed by atoms with van der Waals surface area (Å²) in [5.74, 6) is 1.02. The van der Waals surface area contributed by atoms with Crippen molar-refractivity contribution in [2.45, 2.75) is 70.7 Å². The molecule has 0 bridgehead atoms. The Labute approximate surface area is 242 Å². The van der Waals surface area contributed by atoms with E-state index in [1.807, 2.05) is 32.2 Å². The van der Waals surface area contributed by atoms with Gasteiger partial charge in [-0.05, 0) is 80.7 Å². The smallest absolute Gasteiger partial charge is 0.410 e. The number of likely N-dealkylation sites (tertiary alicyclic amines) is 2. The molecule has 214 valence electrons. The first-order chi connectivity index (χ1) is 18.9. The highest BCUT2D eigenvalue weighted by atomic mass is 35.5. The van der Waals surface area contributed by atoms with E-state index < -0.39 is 0 Å². The Kier molecular flexibility index (Phi) is 9.88. The summed E-state index contributed by atoms with van der Waals surface area (Å²) in [6.07, 6.45) is 5.56. The van der Waals surface area contributed by atoms with Crippen LogP contribution in [0.4, 0.5) is 4.79 Å². The van der Waals surface area contributed by atoms with E-state index in [4.69, 9.17) is 9.47 Å². The van der Waals surface area contributed by atoms with Gasteiger partial charge in [0.1, 0.15) is 6.04 Å². The van der Waals surface area contributed by atoms with Gasteiger partial charge in [-0.15, -0.1) is 12.4 Å². The fourth-order valence-electron chi connectivity index (χ4n) is 5.63. The lowest BCUT2D eigenvalue weighted by Crippen LogP contribution is -2.50. The number of carbonyl (C=O) groups excluding carboxylic acids is 2. The molecule has 2 saturated heterocycles. The Morgan fingerprint density at radius 1 is 1.10 bits per heavy atom. The second-order valence-electron chi connectivity index (χ2n) is 11.0. The number of nitrogens with zero attached hydrogens (tertiary/aromatic N) is 4. The minimum absolute atomic E-state index is 0. The van der Waals surface area contributed by atoms with Crippen molar-refractivity contribution in [3.63, 3.8) is 0 Å². The van der Waals surface area contributed by atoms with Crippen molar-refractivity contribution in [3.05, 3.63) is 47.7 Å². The largest absolute Gasteiger partial charge is 0.477 e. The highest BCUT2D eigenvalue weighted by Gasteiger charge is 2.34. The molecule has 2 unspecified atom stereocenters. The quantitative estimate of drug-likeness (QED) is 0.553. The topological polar surface area (TPSA) is 108 Å². The number of hydrogen-bond acceptors (Lipinski definition) is 7. The molecule has 1 N–H and O–H groups in total. The molecule has 9 nitrogen and oxygen atoms in total. The van der Waals surface area contributed by atoms with Gasteiger partial charge in [-0.2, -0.15) is 5.26 Å². The standard InChI is InChI=1S/C30H37N5O4.ClH/c1-20(2)39-30(37)34-12-9-21(10-13-34)19-38-28-8-7-24(17-33-28)22-5-6-23-15-27(32-18-25(23)14-22)29(36)35-11-3-4-26(35)16-31;/h5-8,14,17,20-21,26-27,32H,3-4,9-13,15,18-19H2,1-2H3;1H. The lowest BCUT2D eigenvalue weighted by atomic mass is 9.92. The molecule has 0 spiro atoms. The maximum absolute atomic E-state index is 13.0. The van der Waals surface area contributed by atoms with Crippen LogP contribution >= 0.6 is 12.4 Å². The zero-order valence-corrected chi connectivity index (χ0v) is 24.0. The summed E-state index contributed by atoms with van der Waals surface area (Å²) in [4.78, 5) is 33.1. The van der Waals surface area contributed by atoms with E-state index in [9.17, 15) is 14.9 Å². The van der Waals surface area contributed by atoms with Gasteiger partial charge in [0.15, 0.2) is 0 Å². The maximum atomic E-state index is 13.0. The number of rotatable bonds is 6. The van der Waals surface area contributed by atoms with Crippen molar-refractivity contribution in [2.75, 3.05) is 26.2 Å². The first-order valence-electron chi connectivity index (χ1n) is 14.0. The summed E-state index contributed by atoms with van der Waals surface area (Å²) in [6.45, 7) is 6.97. The molecule has 2 atom stereocenters. The normalized spacial score (nSPS) is 20.9. The van der Waals surface area contributed by atoms with E-state index in [0.29, 0.717) is 51.0 Å². The average Bonchev–Trinajstić information content (AvgIpc) is 3.44. The second-order valence-corrected chi connectivity index (χ2v) is 11.0. The molecule has 0 radical (unpaired) electrons. The summed E-state index contributed by atoms with van der Waals surface area (Å²) in [5, 5.41) is 12.7. The van der Waals surface area contributed by atoms with Gasteiger partial charge in [0, 0.05) is 44.0 Å². The Bertz CT molecular complexity index is 1220. The van der Waals surface area contributed by atoms with E-state index in [1.54, 1.807) is 9.80 Å². The summed E-state index contributed by atoms with van der Waals surface area (Å²) >= 11 is 0. The first kappa shape index (κ1) is 29.6. The third-order valence-corrected chi connectivity index (χ3v) is 7.90. The van der Waals surface area contributed by atoms with Crippen molar-refractivity contribution in [2.24, 2.45) is 5.92 Å². The average molecular weight is 568 g/mol. The van der Waals surface area contributed by atoms with Crippen molar-refractivity contribution in [1.29, 1.82) is 5.26 Å². The number of nitriles is 1. The Hall–Kier alpha value is -3.35. The number of piperidine rings is 1. The Morgan fingerprint density at radius 2 is 1.88 bits per heavy atom. The van der Waals surface area contributed by atoms with E-state index in [2.05, 4.69) is 34.6 Å². The van der Waals surface area contributed by atoms with Crippen LogP contribution in [-0.4, -0.2) is 71.2 Å². The zero-order valence-electron chi connectivity index (χ0n) is 23.2. The van der Waals surface area contributed by atoms with Crippen LogP contribution in [0.15, 0.2) is 36.5 Å². The fourth-order valence-corrected chi connectivity index (χ4v) is 5.63. The summed E-state index contributed by atoms with van der Waals surface area (Å²) < 4.78 is 11.3. The number of pyridine rings is 1. The van der Waals surface area contributed by atoms with Crippen molar-refractivity contribution in [3.8, 4) is 23.1 Å². The lowest BCUT2D eigenvalue weighted by molar-refractivity contribution is -0.133. The van der Waals surface area contributed by atoms with Crippen molar-refractivity contribution in [1.82, 2.24) is 20.1 Å². The van der Waals surface area contributed by atoms with Gasteiger partial charge in [-0.25, -0.2) is 9.78 Å². The molecule has 4 heterocycles. The van der Waals surface area contributed by atoms with E-state index in [0.717, 1.165) is 36.8 Å². The summed E-state index contributed by atoms with van der Waals surface area (Å²) in [5.41, 5.74) is 4.43. The number of fused-ring (bicyclic) bond motifs is 1. The molecule has 0 saturated carbocycles. The molecule has 1 aromatic carbocycles. The fraction of sp³-hybridized carbons (Fsp3) is 0.533. The van der Waals surface area contributed by atoms with Gasteiger partial charge in [0.05, 0.1) is 24.8 Å². The molecular weight excluding hydrogens is 530 g/mol. The predicted molar refractivity (Wildman–Crippen MR) is 153 cm³/mol.